The number of phenolic OH excluding ortho intramolecular Hbond substituents is 1. The second-order valence-electron chi connectivity index (χ2n) is 2.26. The number of halogens is 1. The van der Waals surface area contributed by atoms with Crippen molar-refractivity contribution in [2.75, 3.05) is 0 Å². The first-order valence-corrected chi connectivity index (χ1v) is 4.80. The molecule has 0 spiro atoms. The first kappa shape index (κ1) is 7.13. The molecule has 0 aliphatic rings. The van der Waals surface area contributed by atoms with Crippen LogP contribution in [0.15, 0.2) is 28.1 Å². The van der Waals surface area contributed by atoms with Gasteiger partial charge in [-0.15, -0.1) is 11.3 Å². The predicted molar refractivity (Wildman–Crippen MR) is 51.2 cm³/mol. The predicted octanol–water partition coefficient (Wildman–Crippen LogP) is 3.37. The van der Waals surface area contributed by atoms with Gasteiger partial charge in [-0.3, -0.25) is 0 Å². The molecule has 0 fully saturated rings. The largest absolute Gasteiger partial charge is 0.506 e. The Bertz CT molecular complexity index is 394. The van der Waals surface area contributed by atoms with Gasteiger partial charge in [-0.1, -0.05) is 15.9 Å². The van der Waals surface area contributed by atoms with Crippen LogP contribution in [0.3, 0.4) is 0 Å². The SMILES string of the molecule is Oc1cc(Br)cc2ccsc12. The van der Waals surface area contributed by atoms with Gasteiger partial charge in [-0.25, -0.2) is 0 Å². The molecule has 11 heavy (non-hydrogen) atoms. The summed E-state index contributed by atoms with van der Waals surface area (Å²) in [4.78, 5) is 0. The molecule has 0 unspecified atom stereocenters. The van der Waals surface area contributed by atoms with Crippen LogP contribution in [0.5, 0.6) is 5.75 Å². The third kappa shape index (κ3) is 1.14. The van der Waals surface area contributed by atoms with E-state index >= 15 is 0 Å². The summed E-state index contributed by atoms with van der Waals surface area (Å²) >= 11 is 4.86. The number of benzene rings is 1. The van der Waals surface area contributed by atoms with Gasteiger partial charge in [0.2, 0.25) is 0 Å². The minimum absolute atomic E-state index is 0.351. The summed E-state index contributed by atoms with van der Waals surface area (Å²) in [5.74, 6) is 0.351. The molecule has 1 heterocycles. The Kier molecular flexibility index (Phi) is 1.62. The molecule has 1 aromatic heterocycles. The van der Waals surface area contributed by atoms with E-state index in [2.05, 4.69) is 15.9 Å². The molecule has 1 nitrogen and oxygen atoms in total. The highest BCUT2D eigenvalue weighted by Gasteiger charge is 2.01. The molecule has 0 saturated carbocycles. The number of phenols is 1. The molecule has 0 radical (unpaired) electrons. The second kappa shape index (κ2) is 2.50. The molecule has 3 heteroatoms. The molecule has 0 saturated heterocycles. The van der Waals surface area contributed by atoms with Crippen molar-refractivity contribution in [2.24, 2.45) is 0 Å². The molecule has 0 aliphatic heterocycles. The standard InChI is InChI=1S/C8H5BrOS/c9-6-3-5-1-2-11-8(5)7(10)4-6/h1-4,10H. The van der Waals surface area contributed by atoms with Crippen LogP contribution in [0.25, 0.3) is 10.1 Å². The number of aromatic hydroxyl groups is 1. The molecule has 56 valence electrons. The highest BCUT2D eigenvalue weighted by molar-refractivity contribution is 9.10. The fraction of sp³-hybridized carbons (Fsp3) is 0. The van der Waals surface area contributed by atoms with E-state index in [9.17, 15) is 5.11 Å². The van der Waals surface area contributed by atoms with Crippen molar-refractivity contribution in [3.63, 3.8) is 0 Å². The fourth-order valence-corrected chi connectivity index (χ4v) is 2.28. The number of fused-ring (bicyclic) bond motifs is 1. The van der Waals surface area contributed by atoms with E-state index in [-0.39, 0.29) is 0 Å². The third-order valence-corrected chi connectivity index (χ3v) is 2.91. The van der Waals surface area contributed by atoms with Crippen molar-refractivity contribution in [1.29, 1.82) is 0 Å². The first-order valence-electron chi connectivity index (χ1n) is 3.13. The van der Waals surface area contributed by atoms with Crippen LogP contribution in [-0.2, 0) is 0 Å². The van der Waals surface area contributed by atoms with Crippen molar-refractivity contribution >= 4 is 37.4 Å². The van der Waals surface area contributed by atoms with E-state index in [1.807, 2.05) is 17.5 Å². The molecule has 1 aromatic carbocycles. The lowest BCUT2D eigenvalue weighted by molar-refractivity contribution is 0.482. The van der Waals surface area contributed by atoms with Crippen molar-refractivity contribution in [2.45, 2.75) is 0 Å². The van der Waals surface area contributed by atoms with Crippen LogP contribution in [-0.4, -0.2) is 5.11 Å². The molecule has 1 N–H and O–H groups in total. The zero-order valence-electron chi connectivity index (χ0n) is 5.54. The molecule has 0 amide bonds. The zero-order valence-corrected chi connectivity index (χ0v) is 7.95. The molecule has 2 aromatic rings. The van der Waals surface area contributed by atoms with Crippen molar-refractivity contribution in [1.82, 2.24) is 0 Å². The van der Waals surface area contributed by atoms with Gasteiger partial charge in [-0.05, 0) is 29.0 Å². The van der Waals surface area contributed by atoms with Gasteiger partial charge in [-0.2, -0.15) is 0 Å². The lowest BCUT2D eigenvalue weighted by Gasteiger charge is -1.94. The summed E-state index contributed by atoms with van der Waals surface area (Å²) in [5.41, 5.74) is 0. The number of hydrogen-bond donors (Lipinski definition) is 1. The average molecular weight is 229 g/mol. The van der Waals surface area contributed by atoms with Crippen LogP contribution in [0, 0.1) is 0 Å². The van der Waals surface area contributed by atoms with E-state index in [0.717, 1.165) is 14.6 Å². The molecule has 0 atom stereocenters. The Morgan fingerprint density at radius 1 is 1.36 bits per heavy atom. The van der Waals surface area contributed by atoms with E-state index in [1.54, 1.807) is 17.4 Å². The maximum Gasteiger partial charge on any atom is 0.134 e. The summed E-state index contributed by atoms with van der Waals surface area (Å²) in [6.45, 7) is 0. The third-order valence-electron chi connectivity index (χ3n) is 1.50. The summed E-state index contributed by atoms with van der Waals surface area (Å²) in [7, 11) is 0. The van der Waals surface area contributed by atoms with Gasteiger partial charge in [0.15, 0.2) is 0 Å². The number of thiophene rings is 1. The molecule has 0 bridgehead atoms. The van der Waals surface area contributed by atoms with E-state index in [1.165, 1.54) is 0 Å². The van der Waals surface area contributed by atoms with Gasteiger partial charge >= 0.3 is 0 Å². The Hall–Kier alpha value is -0.540. The van der Waals surface area contributed by atoms with Gasteiger partial charge in [0.05, 0.1) is 4.70 Å². The van der Waals surface area contributed by atoms with E-state index in [0.29, 0.717) is 5.75 Å². The smallest absolute Gasteiger partial charge is 0.134 e. The number of hydrogen-bond acceptors (Lipinski definition) is 2. The second-order valence-corrected chi connectivity index (χ2v) is 4.10. The maximum atomic E-state index is 9.42. The summed E-state index contributed by atoms with van der Waals surface area (Å²) in [6.07, 6.45) is 0. The van der Waals surface area contributed by atoms with E-state index in [4.69, 9.17) is 0 Å². The lowest BCUT2D eigenvalue weighted by Crippen LogP contribution is -1.66. The highest BCUT2D eigenvalue weighted by atomic mass is 79.9. The topological polar surface area (TPSA) is 20.2 Å². The van der Waals surface area contributed by atoms with Crippen LogP contribution in [0.2, 0.25) is 0 Å². The average Bonchev–Trinajstić information content (AvgIpc) is 2.34. The van der Waals surface area contributed by atoms with Gasteiger partial charge < -0.3 is 5.11 Å². The Morgan fingerprint density at radius 2 is 2.18 bits per heavy atom. The normalized spacial score (nSPS) is 10.6. The van der Waals surface area contributed by atoms with Crippen LogP contribution < -0.4 is 0 Å². The van der Waals surface area contributed by atoms with E-state index < -0.39 is 0 Å². The maximum absolute atomic E-state index is 9.42. The fourth-order valence-electron chi connectivity index (χ4n) is 1.03. The summed E-state index contributed by atoms with van der Waals surface area (Å²) in [5, 5.41) is 12.5. The van der Waals surface area contributed by atoms with Crippen LogP contribution >= 0.6 is 27.3 Å². The Morgan fingerprint density at radius 3 is 3.00 bits per heavy atom. The van der Waals surface area contributed by atoms with Crippen LogP contribution in [0.4, 0.5) is 0 Å². The first-order chi connectivity index (χ1) is 5.27. The minimum Gasteiger partial charge on any atom is -0.506 e. The molecular formula is C8H5BrOS. The van der Waals surface area contributed by atoms with Gasteiger partial charge in [0.1, 0.15) is 5.75 Å². The molecule has 2 rings (SSSR count). The lowest BCUT2D eigenvalue weighted by atomic mass is 10.2. The highest BCUT2D eigenvalue weighted by Crippen LogP contribution is 2.32. The van der Waals surface area contributed by atoms with Crippen molar-refractivity contribution in [3.05, 3.63) is 28.1 Å². The zero-order chi connectivity index (χ0) is 7.84. The quantitative estimate of drug-likeness (QED) is 0.734. The minimum atomic E-state index is 0.351. The van der Waals surface area contributed by atoms with Gasteiger partial charge in [0.25, 0.3) is 0 Å². The van der Waals surface area contributed by atoms with Gasteiger partial charge in [0, 0.05) is 4.47 Å². The molecular weight excluding hydrogens is 224 g/mol. The van der Waals surface area contributed by atoms with Crippen LogP contribution in [0.1, 0.15) is 0 Å². The summed E-state index contributed by atoms with van der Waals surface area (Å²) < 4.78 is 1.87. The summed E-state index contributed by atoms with van der Waals surface area (Å²) in [6, 6.07) is 5.69. The molecule has 0 aliphatic carbocycles. The Balaban J connectivity index is 2.91. The van der Waals surface area contributed by atoms with Crippen molar-refractivity contribution < 1.29 is 5.11 Å². The number of rotatable bonds is 0. The monoisotopic (exact) mass is 228 g/mol. The Labute approximate surface area is 76.4 Å². The van der Waals surface area contributed by atoms with Crippen molar-refractivity contribution in [3.8, 4) is 5.75 Å².